The second-order valence-corrected chi connectivity index (χ2v) is 3.24. The summed E-state index contributed by atoms with van der Waals surface area (Å²) >= 11 is 6.02. The highest BCUT2D eigenvalue weighted by molar-refractivity contribution is 6.35. The van der Waals surface area contributed by atoms with E-state index < -0.39 is 0 Å². The van der Waals surface area contributed by atoms with Crippen LogP contribution in [0.2, 0.25) is 5.02 Å². The second kappa shape index (κ2) is 3.40. The molecular weight excluding hydrogens is 202 g/mol. The lowest BCUT2D eigenvalue weighted by molar-refractivity contribution is 0.476. The highest BCUT2D eigenvalue weighted by Gasteiger charge is 2.07. The molecule has 4 nitrogen and oxygen atoms in total. The third kappa shape index (κ3) is 1.38. The Bertz CT molecular complexity index is 487. The number of rotatable bonds is 1. The van der Waals surface area contributed by atoms with E-state index >= 15 is 0 Å². The Morgan fingerprint density at radius 2 is 2.14 bits per heavy atom. The first-order valence-electron chi connectivity index (χ1n) is 4.06. The Morgan fingerprint density at radius 3 is 2.86 bits per heavy atom. The molecule has 72 valence electrons. The van der Waals surface area contributed by atoms with Gasteiger partial charge in [-0.25, -0.2) is 0 Å². The van der Waals surface area contributed by atoms with E-state index in [1.165, 1.54) is 6.07 Å². The lowest BCUT2D eigenvalue weighted by Crippen LogP contribution is -2.02. The zero-order chi connectivity index (χ0) is 10.1. The van der Waals surface area contributed by atoms with Crippen LogP contribution in [0.4, 0.5) is 0 Å². The van der Waals surface area contributed by atoms with Crippen molar-refractivity contribution in [2.75, 3.05) is 0 Å². The predicted octanol–water partition coefficient (Wildman–Crippen LogP) is 1.45. The third-order valence-electron chi connectivity index (χ3n) is 1.94. The third-order valence-corrected chi connectivity index (χ3v) is 2.36. The second-order valence-electron chi connectivity index (χ2n) is 2.87. The van der Waals surface area contributed by atoms with E-state index in [0.717, 1.165) is 0 Å². The average molecular weight is 210 g/mol. The van der Waals surface area contributed by atoms with Crippen LogP contribution in [0.5, 0.6) is 5.75 Å². The van der Waals surface area contributed by atoms with Gasteiger partial charge in [-0.05, 0) is 18.2 Å². The molecule has 0 amide bonds. The van der Waals surface area contributed by atoms with E-state index in [2.05, 4.69) is 10.2 Å². The number of hydrogen-bond acceptors (Lipinski definition) is 4. The number of hydrogen-bond donors (Lipinski definition) is 2. The molecule has 0 unspecified atom stereocenters. The van der Waals surface area contributed by atoms with Crippen LogP contribution in [0.15, 0.2) is 18.2 Å². The molecule has 0 radical (unpaired) electrons. The highest BCUT2D eigenvalue weighted by atomic mass is 35.5. The summed E-state index contributed by atoms with van der Waals surface area (Å²) in [6.45, 7) is 0.234. The van der Waals surface area contributed by atoms with Crippen molar-refractivity contribution in [3.05, 3.63) is 28.9 Å². The van der Waals surface area contributed by atoms with Gasteiger partial charge in [0.15, 0.2) is 0 Å². The van der Waals surface area contributed by atoms with E-state index in [1.54, 1.807) is 12.1 Å². The minimum Gasteiger partial charge on any atom is -0.508 e. The fourth-order valence-electron chi connectivity index (χ4n) is 1.23. The van der Waals surface area contributed by atoms with E-state index in [1.807, 2.05) is 0 Å². The molecule has 2 aromatic rings. The van der Waals surface area contributed by atoms with Crippen LogP contribution in [-0.4, -0.2) is 15.3 Å². The Balaban J connectivity index is 2.79. The van der Waals surface area contributed by atoms with Gasteiger partial charge in [-0.1, -0.05) is 11.6 Å². The molecule has 14 heavy (non-hydrogen) atoms. The first-order chi connectivity index (χ1) is 6.72. The number of phenolic OH excluding ortho intramolecular Hbond substituents is 1. The highest BCUT2D eigenvalue weighted by Crippen LogP contribution is 2.26. The zero-order valence-electron chi connectivity index (χ0n) is 7.24. The number of benzene rings is 1. The minimum atomic E-state index is 0.148. The number of aromatic nitrogens is 2. The van der Waals surface area contributed by atoms with Crippen LogP contribution >= 0.6 is 11.6 Å². The SMILES string of the molecule is NCc1nnc2ccc(O)cc2c1Cl. The average Bonchev–Trinajstić information content (AvgIpc) is 2.20. The molecule has 1 heterocycles. The molecule has 0 saturated carbocycles. The molecule has 1 aromatic carbocycles. The lowest BCUT2D eigenvalue weighted by Gasteiger charge is -2.03. The van der Waals surface area contributed by atoms with Crippen LogP contribution in [0.25, 0.3) is 10.9 Å². The first-order valence-corrected chi connectivity index (χ1v) is 4.44. The normalized spacial score (nSPS) is 10.7. The van der Waals surface area contributed by atoms with Gasteiger partial charge in [0, 0.05) is 11.9 Å². The quantitative estimate of drug-likeness (QED) is 0.746. The van der Waals surface area contributed by atoms with Crippen molar-refractivity contribution in [2.45, 2.75) is 6.54 Å². The number of nitrogens with zero attached hydrogens (tertiary/aromatic N) is 2. The standard InChI is InChI=1S/C9H8ClN3O/c10-9-6-3-5(14)1-2-7(6)12-13-8(9)4-11/h1-3,14H,4,11H2. The Labute approximate surface area is 85.3 Å². The van der Waals surface area contributed by atoms with Crippen molar-refractivity contribution in [2.24, 2.45) is 5.73 Å². The smallest absolute Gasteiger partial charge is 0.116 e. The largest absolute Gasteiger partial charge is 0.508 e. The maximum absolute atomic E-state index is 9.28. The molecule has 0 aliphatic carbocycles. The van der Waals surface area contributed by atoms with Gasteiger partial charge in [0.05, 0.1) is 16.2 Å². The molecule has 2 rings (SSSR count). The maximum atomic E-state index is 9.28. The summed E-state index contributed by atoms with van der Waals surface area (Å²) in [5.41, 5.74) is 6.61. The lowest BCUT2D eigenvalue weighted by atomic mass is 10.2. The van der Waals surface area contributed by atoms with Crippen LogP contribution < -0.4 is 5.73 Å². The van der Waals surface area contributed by atoms with Gasteiger partial charge in [0.1, 0.15) is 5.75 Å². The van der Waals surface area contributed by atoms with Crippen molar-refractivity contribution in [1.82, 2.24) is 10.2 Å². The molecule has 0 bridgehead atoms. The minimum absolute atomic E-state index is 0.148. The summed E-state index contributed by atoms with van der Waals surface area (Å²) in [7, 11) is 0. The molecule has 3 N–H and O–H groups in total. The van der Waals surface area contributed by atoms with Crippen molar-refractivity contribution >= 4 is 22.5 Å². The van der Waals surface area contributed by atoms with E-state index in [-0.39, 0.29) is 12.3 Å². The molecule has 5 heteroatoms. The number of fused-ring (bicyclic) bond motifs is 1. The van der Waals surface area contributed by atoms with Gasteiger partial charge < -0.3 is 10.8 Å². The number of aromatic hydroxyl groups is 1. The van der Waals surface area contributed by atoms with Gasteiger partial charge in [-0.2, -0.15) is 10.2 Å². The van der Waals surface area contributed by atoms with E-state index in [0.29, 0.717) is 21.6 Å². The summed E-state index contributed by atoms with van der Waals surface area (Å²) in [6.07, 6.45) is 0. The molecule has 0 aliphatic rings. The monoisotopic (exact) mass is 209 g/mol. The molecule has 0 fully saturated rings. The zero-order valence-corrected chi connectivity index (χ0v) is 7.99. The summed E-state index contributed by atoms with van der Waals surface area (Å²) < 4.78 is 0. The summed E-state index contributed by atoms with van der Waals surface area (Å²) in [5.74, 6) is 0.148. The van der Waals surface area contributed by atoms with Gasteiger partial charge in [-0.15, -0.1) is 0 Å². The molecular formula is C9H8ClN3O. The Morgan fingerprint density at radius 1 is 1.36 bits per heavy atom. The molecule has 0 saturated heterocycles. The number of halogens is 1. The maximum Gasteiger partial charge on any atom is 0.116 e. The first kappa shape index (κ1) is 9.18. The van der Waals surface area contributed by atoms with Crippen LogP contribution in [0.1, 0.15) is 5.69 Å². The van der Waals surface area contributed by atoms with Crippen LogP contribution in [0.3, 0.4) is 0 Å². The summed E-state index contributed by atoms with van der Waals surface area (Å²) in [6, 6.07) is 4.74. The van der Waals surface area contributed by atoms with Gasteiger partial charge in [0.2, 0.25) is 0 Å². The topological polar surface area (TPSA) is 72.0 Å². The molecule has 0 spiro atoms. The van der Waals surface area contributed by atoms with E-state index in [4.69, 9.17) is 17.3 Å². The van der Waals surface area contributed by atoms with Gasteiger partial charge in [0.25, 0.3) is 0 Å². The van der Waals surface area contributed by atoms with Crippen molar-refractivity contribution in [1.29, 1.82) is 0 Å². The van der Waals surface area contributed by atoms with Crippen LogP contribution in [-0.2, 0) is 6.54 Å². The van der Waals surface area contributed by atoms with Crippen LogP contribution in [0, 0.1) is 0 Å². The van der Waals surface area contributed by atoms with Crippen molar-refractivity contribution in [3.8, 4) is 5.75 Å². The predicted molar refractivity (Wildman–Crippen MR) is 54.1 cm³/mol. The van der Waals surface area contributed by atoms with Gasteiger partial charge in [-0.3, -0.25) is 0 Å². The Kier molecular flexibility index (Phi) is 2.23. The van der Waals surface area contributed by atoms with E-state index in [9.17, 15) is 5.11 Å². The Hall–Kier alpha value is -1.39. The molecule has 1 aromatic heterocycles. The van der Waals surface area contributed by atoms with Crippen molar-refractivity contribution < 1.29 is 5.11 Å². The summed E-state index contributed by atoms with van der Waals surface area (Å²) in [4.78, 5) is 0. The fraction of sp³-hybridized carbons (Fsp3) is 0.111. The van der Waals surface area contributed by atoms with Crippen molar-refractivity contribution in [3.63, 3.8) is 0 Å². The van der Waals surface area contributed by atoms with Gasteiger partial charge >= 0.3 is 0 Å². The number of nitrogens with two attached hydrogens (primary N) is 1. The fourth-order valence-corrected chi connectivity index (χ4v) is 1.50. The number of phenols is 1. The molecule has 0 aliphatic heterocycles. The summed E-state index contributed by atoms with van der Waals surface area (Å²) in [5, 5.41) is 18.2. The molecule has 0 atom stereocenters.